The Morgan fingerprint density at radius 3 is 2.50 bits per heavy atom. The number of aromatic nitrogens is 3. The van der Waals surface area contributed by atoms with E-state index in [4.69, 9.17) is 21.4 Å². The number of rotatable bonds is 4. The van der Waals surface area contributed by atoms with Crippen LogP contribution in [0.5, 0.6) is 5.75 Å². The fourth-order valence-electron chi connectivity index (χ4n) is 3.76. The molecule has 3 atom stereocenters. The Balaban J connectivity index is 1.42. The summed E-state index contributed by atoms with van der Waals surface area (Å²) in [6.07, 6.45) is 0.841. The van der Waals surface area contributed by atoms with Crippen molar-refractivity contribution in [3.05, 3.63) is 70.5 Å². The zero-order valence-corrected chi connectivity index (χ0v) is 18.1. The van der Waals surface area contributed by atoms with Crippen LogP contribution < -0.4 is 15.6 Å². The Labute approximate surface area is 183 Å². The lowest BCUT2D eigenvalue weighted by Crippen LogP contribution is -2.28. The van der Waals surface area contributed by atoms with Crippen molar-refractivity contribution in [1.82, 2.24) is 25.7 Å². The number of hydrazine groups is 1. The standard InChI is InChI=1S/C21H21ClN6OS/c1-12-19(14-5-9-16(29-2)10-6-14)27-28-20(25-26-21(28)30-12)18-11-17(23-24-18)13-3-7-15(22)8-4-13/h3-10,12,17-18,23-24H,11H2,1-2H3/t12-,17?,18?/m1/s1. The fourth-order valence-corrected chi connectivity index (χ4v) is 4.82. The maximum atomic E-state index is 6.02. The maximum absolute atomic E-state index is 6.02. The third-order valence-corrected chi connectivity index (χ3v) is 6.68. The molecule has 0 radical (unpaired) electrons. The molecule has 2 aliphatic rings. The van der Waals surface area contributed by atoms with Gasteiger partial charge in [0, 0.05) is 11.1 Å². The van der Waals surface area contributed by atoms with Crippen LogP contribution in [0, 0.1) is 0 Å². The summed E-state index contributed by atoms with van der Waals surface area (Å²) in [7, 11) is 1.67. The second-order valence-corrected chi connectivity index (χ2v) is 9.05. The van der Waals surface area contributed by atoms with Crippen molar-refractivity contribution in [2.75, 3.05) is 7.11 Å². The molecule has 3 aromatic rings. The van der Waals surface area contributed by atoms with E-state index >= 15 is 0 Å². The molecular weight excluding hydrogens is 420 g/mol. The van der Waals surface area contributed by atoms with E-state index in [2.05, 4.69) is 28.0 Å². The highest BCUT2D eigenvalue weighted by Gasteiger charge is 2.33. The van der Waals surface area contributed by atoms with Crippen molar-refractivity contribution in [3.8, 4) is 5.75 Å². The lowest BCUT2D eigenvalue weighted by molar-refractivity contribution is 0.415. The summed E-state index contributed by atoms with van der Waals surface area (Å²) in [6, 6.07) is 16.1. The summed E-state index contributed by atoms with van der Waals surface area (Å²) >= 11 is 7.69. The Kier molecular flexibility index (Phi) is 5.24. The van der Waals surface area contributed by atoms with Crippen molar-refractivity contribution in [2.45, 2.75) is 35.8 Å². The summed E-state index contributed by atoms with van der Waals surface area (Å²) in [6.45, 7) is 2.14. The van der Waals surface area contributed by atoms with Gasteiger partial charge < -0.3 is 4.74 Å². The quantitative estimate of drug-likeness (QED) is 0.639. The molecule has 0 aliphatic carbocycles. The predicted molar refractivity (Wildman–Crippen MR) is 118 cm³/mol. The molecule has 2 aliphatic heterocycles. The van der Waals surface area contributed by atoms with Gasteiger partial charge in [0.1, 0.15) is 5.75 Å². The zero-order valence-electron chi connectivity index (χ0n) is 16.5. The number of hydrogen-bond donors (Lipinski definition) is 2. The van der Waals surface area contributed by atoms with E-state index < -0.39 is 0 Å². The number of halogens is 1. The van der Waals surface area contributed by atoms with Crippen LogP contribution >= 0.6 is 23.4 Å². The molecular formula is C21H21ClN6OS. The summed E-state index contributed by atoms with van der Waals surface area (Å²) in [4.78, 5) is 0. The molecule has 0 spiro atoms. The second kappa shape index (κ2) is 8.03. The number of benzene rings is 2. The molecule has 2 unspecified atom stereocenters. The number of thioether (sulfide) groups is 1. The van der Waals surface area contributed by atoms with Crippen molar-refractivity contribution in [2.24, 2.45) is 5.10 Å². The average Bonchev–Trinajstić information content (AvgIpc) is 3.40. The highest BCUT2D eigenvalue weighted by molar-refractivity contribution is 8.00. The lowest BCUT2D eigenvalue weighted by atomic mass is 10.0. The highest BCUT2D eigenvalue weighted by atomic mass is 35.5. The van der Waals surface area contributed by atoms with E-state index in [9.17, 15) is 0 Å². The first-order valence-electron chi connectivity index (χ1n) is 9.74. The van der Waals surface area contributed by atoms with Gasteiger partial charge in [0.05, 0.1) is 24.1 Å². The lowest BCUT2D eigenvalue weighted by Gasteiger charge is -2.21. The van der Waals surface area contributed by atoms with E-state index in [1.54, 1.807) is 18.9 Å². The highest BCUT2D eigenvalue weighted by Crippen LogP contribution is 2.35. The van der Waals surface area contributed by atoms with Crippen LogP contribution in [0.15, 0.2) is 58.8 Å². The van der Waals surface area contributed by atoms with Gasteiger partial charge in [0.25, 0.3) is 0 Å². The Morgan fingerprint density at radius 2 is 1.77 bits per heavy atom. The Morgan fingerprint density at radius 1 is 1.03 bits per heavy atom. The molecule has 0 amide bonds. The van der Waals surface area contributed by atoms with Crippen molar-refractivity contribution < 1.29 is 4.74 Å². The van der Waals surface area contributed by atoms with Gasteiger partial charge in [0.2, 0.25) is 5.16 Å². The van der Waals surface area contributed by atoms with Crippen LogP contribution in [0.2, 0.25) is 5.02 Å². The molecule has 1 aromatic heterocycles. The molecule has 7 nitrogen and oxygen atoms in total. The van der Waals surface area contributed by atoms with E-state index in [-0.39, 0.29) is 17.3 Å². The molecule has 3 heterocycles. The van der Waals surface area contributed by atoms with Gasteiger partial charge in [0.15, 0.2) is 5.82 Å². The fraction of sp³-hybridized carbons (Fsp3) is 0.286. The molecule has 154 valence electrons. The molecule has 0 saturated carbocycles. The summed E-state index contributed by atoms with van der Waals surface area (Å²) in [5.74, 6) is 1.63. The summed E-state index contributed by atoms with van der Waals surface area (Å²) in [5.41, 5.74) is 9.95. The van der Waals surface area contributed by atoms with Gasteiger partial charge in [-0.1, -0.05) is 35.5 Å². The minimum atomic E-state index is 0.00167. The Bertz CT molecular complexity index is 1080. The molecule has 0 bridgehead atoms. The van der Waals surface area contributed by atoms with E-state index in [0.717, 1.165) is 39.4 Å². The minimum absolute atomic E-state index is 0.00167. The van der Waals surface area contributed by atoms with Crippen molar-refractivity contribution >= 4 is 29.1 Å². The van der Waals surface area contributed by atoms with Gasteiger partial charge in [-0.05, 0) is 60.9 Å². The third-order valence-electron chi connectivity index (χ3n) is 5.38. The zero-order chi connectivity index (χ0) is 20.7. The number of hydrogen-bond acceptors (Lipinski definition) is 7. The van der Waals surface area contributed by atoms with E-state index in [1.807, 2.05) is 53.2 Å². The normalized spacial score (nSPS) is 23.2. The van der Waals surface area contributed by atoms with Gasteiger partial charge in [-0.2, -0.15) is 9.78 Å². The molecule has 9 heteroatoms. The first-order valence-corrected chi connectivity index (χ1v) is 11.0. The van der Waals surface area contributed by atoms with Gasteiger partial charge in [-0.15, -0.1) is 10.2 Å². The van der Waals surface area contributed by atoms with Gasteiger partial charge >= 0.3 is 0 Å². The number of nitrogens with zero attached hydrogens (tertiary/aromatic N) is 4. The molecule has 1 fully saturated rings. The maximum Gasteiger partial charge on any atom is 0.212 e. The van der Waals surface area contributed by atoms with Crippen LogP contribution in [0.4, 0.5) is 0 Å². The van der Waals surface area contributed by atoms with E-state index in [1.165, 1.54) is 5.56 Å². The van der Waals surface area contributed by atoms with Gasteiger partial charge in [-0.3, -0.25) is 0 Å². The molecule has 1 saturated heterocycles. The molecule has 5 rings (SSSR count). The number of fused-ring (bicyclic) bond motifs is 1. The van der Waals surface area contributed by atoms with Crippen molar-refractivity contribution in [1.29, 1.82) is 0 Å². The van der Waals surface area contributed by atoms with Crippen LogP contribution in [0.25, 0.3) is 0 Å². The topological polar surface area (TPSA) is 76.4 Å². The molecule has 2 aromatic carbocycles. The van der Waals surface area contributed by atoms with Crippen LogP contribution in [0.1, 0.15) is 42.4 Å². The number of nitrogens with one attached hydrogen (secondary N) is 2. The number of ether oxygens (including phenoxy) is 1. The van der Waals surface area contributed by atoms with Crippen LogP contribution in [-0.2, 0) is 0 Å². The van der Waals surface area contributed by atoms with Crippen LogP contribution in [0.3, 0.4) is 0 Å². The van der Waals surface area contributed by atoms with E-state index in [0.29, 0.717) is 0 Å². The molecule has 30 heavy (non-hydrogen) atoms. The van der Waals surface area contributed by atoms with Crippen molar-refractivity contribution in [3.63, 3.8) is 0 Å². The third kappa shape index (κ3) is 3.60. The second-order valence-electron chi connectivity index (χ2n) is 7.31. The largest absolute Gasteiger partial charge is 0.497 e. The summed E-state index contributed by atoms with van der Waals surface area (Å²) < 4.78 is 7.14. The monoisotopic (exact) mass is 440 g/mol. The first kappa shape index (κ1) is 19.6. The first-order chi connectivity index (χ1) is 14.6. The van der Waals surface area contributed by atoms with Crippen LogP contribution in [-0.4, -0.2) is 32.9 Å². The minimum Gasteiger partial charge on any atom is -0.497 e. The Hall–Kier alpha value is -2.39. The SMILES string of the molecule is COc1ccc(C2=Nn3c(nnc3C3CC(c4ccc(Cl)cc4)NN3)S[C@@H]2C)cc1. The summed E-state index contributed by atoms with van der Waals surface area (Å²) in [5, 5.41) is 15.5. The smallest absolute Gasteiger partial charge is 0.212 e. The number of methoxy groups -OCH3 is 1. The average molecular weight is 441 g/mol. The molecule has 2 N–H and O–H groups in total. The van der Waals surface area contributed by atoms with Gasteiger partial charge in [-0.25, -0.2) is 10.9 Å². The predicted octanol–water partition coefficient (Wildman–Crippen LogP) is 3.97.